The SMILES string of the molecule is COc1ccc(C(O)=C2C(=O)C(=O)N(CC3CCCO3)C2c2ccc(OC)c(OC)c2)cc1. The summed E-state index contributed by atoms with van der Waals surface area (Å²) in [6.45, 7) is 0.879. The number of aliphatic hydroxyl groups is 1. The lowest BCUT2D eigenvalue weighted by Crippen LogP contribution is -2.36. The molecule has 0 bridgehead atoms. The van der Waals surface area contributed by atoms with Crippen molar-refractivity contribution < 1.29 is 33.6 Å². The van der Waals surface area contributed by atoms with Crippen LogP contribution < -0.4 is 14.2 Å². The van der Waals surface area contributed by atoms with Crippen LogP contribution in [0.1, 0.15) is 30.0 Å². The first-order valence-electron chi connectivity index (χ1n) is 10.7. The van der Waals surface area contributed by atoms with Crippen LogP contribution >= 0.6 is 0 Å². The molecule has 0 spiro atoms. The third-order valence-corrected chi connectivity index (χ3v) is 6.05. The molecule has 2 aromatic rings. The summed E-state index contributed by atoms with van der Waals surface area (Å²) in [6, 6.07) is 11.1. The molecule has 4 rings (SSSR count). The van der Waals surface area contributed by atoms with Crippen LogP contribution in [0.2, 0.25) is 0 Å². The minimum absolute atomic E-state index is 0.0235. The molecule has 2 heterocycles. The first-order chi connectivity index (χ1) is 16.0. The van der Waals surface area contributed by atoms with Crippen molar-refractivity contribution in [2.75, 3.05) is 34.5 Å². The number of ketones is 1. The predicted molar refractivity (Wildman–Crippen MR) is 121 cm³/mol. The van der Waals surface area contributed by atoms with Gasteiger partial charge in [0.15, 0.2) is 11.5 Å². The molecule has 0 aromatic heterocycles. The zero-order valence-corrected chi connectivity index (χ0v) is 18.9. The zero-order chi connectivity index (χ0) is 23.5. The number of amides is 1. The Labute approximate surface area is 192 Å². The fraction of sp³-hybridized carbons (Fsp3) is 0.360. The molecular weight excluding hydrogens is 426 g/mol. The van der Waals surface area contributed by atoms with Gasteiger partial charge < -0.3 is 29.0 Å². The van der Waals surface area contributed by atoms with Gasteiger partial charge in [-0.05, 0) is 54.8 Å². The molecule has 1 N–H and O–H groups in total. The standard InChI is InChI=1S/C25H27NO7/c1-30-17-9-6-15(7-10-17)23(27)21-22(16-8-11-19(31-2)20(13-16)32-3)26(25(29)24(21)28)14-18-5-4-12-33-18/h6-11,13,18,22,27H,4-5,12,14H2,1-3H3. The summed E-state index contributed by atoms with van der Waals surface area (Å²) >= 11 is 0. The topological polar surface area (TPSA) is 94.5 Å². The van der Waals surface area contributed by atoms with Crippen LogP contribution in [-0.2, 0) is 14.3 Å². The molecule has 174 valence electrons. The maximum absolute atomic E-state index is 13.2. The number of carbonyl (C=O) groups excluding carboxylic acids is 2. The Bertz CT molecular complexity index is 1070. The summed E-state index contributed by atoms with van der Waals surface area (Å²) in [6.07, 6.45) is 1.55. The molecule has 0 saturated carbocycles. The van der Waals surface area contributed by atoms with Gasteiger partial charge in [-0.1, -0.05) is 6.07 Å². The van der Waals surface area contributed by atoms with Crippen LogP contribution in [0.25, 0.3) is 5.76 Å². The maximum Gasteiger partial charge on any atom is 0.295 e. The van der Waals surface area contributed by atoms with E-state index in [2.05, 4.69) is 0 Å². The predicted octanol–water partition coefficient (Wildman–Crippen LogP) is 3.31. The lowest BCUT2D eigenvalue weighted by molar-refractivity contribution is -0.140. The van der Waals surface area contributed by atoms with E-state index in [0.29, 0.717) is 35.0 Å². The Morgan fingerprint density at radius 3 is 2.36 bits per heavy atom. The van der Waals surface area contributed by atoms with Gasteiger partial charge in [-0.25, -0.2) is 0 Å². The number of hydrogen-bond donors (Lipinski definition) is 1. The number of hydrogen-bond acceptors (Lipinski definition) is 7. The van der Waals surface area contributed by atoms with Crippen molar-refractivity contribution in [1.82, 2.24) is 4.90 Å². The van der Waals surface area contributed by atoms with E-state index in [0.717, 1.165) is 12.8 Å². The van der Waals surface area contributed by atoms with Gasteiger partial charge in [-0.3, -0.25) is 9.59 Å². The summed E-state index contributed by atoms with van der Waals surface area (Å²) in [4.78, 5) is 27.7. The van der Waals surface area contributed by atoms with E-state index in [1.165, 1.54) is 19.1 Å². The molecule has 8 nitrogen and oxygen atoms in total. The van der Waals surface area contributed by atoms with Gasteiger partial charge in [0.25, 0.3) is 11.7 Å². The van der Waals surface area contributed by atoms with Gasteiger partial charge in [0.05, 0.1) is 39.0 Å². The third kappa shape index (κ3) is 4.26. The molecular formula is C25H27NO7. The molecule has 2 aliphatic heterocycles. The lowest BCUT2D eigenvalue weighted by Gasteiger charge is -2.28. The molecule has 33 heavy (non-hydrogen) atoms. The second kappa shape index (κ2) is 9.54. The molecule has 2 saturated heterocycles. The molecule has 2 aliphatic rings. The summed E-state index contributed by atoms with van der Waals surface area (Å²) in [5.41, 5.74) is 1.06. The summed E-state index contributed by atoms with van der Waals surface area (Å²) < 4.78 is 21.7. The molecule has 1 amide bonds. The Balaban J connectivity index is 1.83. The van der Waals surface area contributed by atoms with E-state index < -0.39 is 17.7 Å². The van der Waals surface area contributed by atoms with Crippen LogP contribution in [0.15, 0.2) is 48.0 Å². The maximum atomic E-state index is 13.2. The fourth-order valence-corrected chi connectivity index (χ4v) is 4.35. The summed E-state index contributed by atoms with van der Waals surface area (Å²) in [5.74, 6) is -0.0523. The number of ether oxygens (including phenoxy) is 4. The quantitative estimate of drug-likeness (QED) is 0.390. The van der Waals surface area contributed by atoms with Crippen molar-refractivity contribution in [2.45, 2.75) is 25.0 Å². The normalized spacial score (nSPS) is 22.0. The third-order valence-electron chi connectivity index (χ3n) is 6.05. The van der Waals surface area contributed by atoms with Gasteiger partial charge in [0, 0.05) is 18.7 Å². The Kier molecular flexibility index (Phi) is 6.55. The Morgan fingerprint density at radius 1 is 1.03 bits per heavy atom. The van der Waals surface area contributed by atoms with Crippen LogP contribution in [0.3, 0.4) is 0 Å². The second-order valence-electron chi connectivity index (χ2n) is 7.93. The van der Waals surface area contributed by atoms with Gasteiger partial charge in [-0.15, -0.1) is 0 Å². The molecule has 2 fully saturated rings. The monoisotopic (exact) mass is 453 g/mol. The van der Waals surface area contributed by atoms with E-state index in [9.17, 15) is 14.7 Å². The number of aliphatic hydroxyl groups excluding tert-OH is 1. The van der Waals surface area contributed by atoms with Crippen molar-refractivity contribution in [1.29, 1.82) is 0 Å². The highest BCUT2D eigenvalue weighted by Crippen LogP contribution is 2.42. The van der Waals surface area contributed by atoms with Crippen molar-refractivity contribution >= 4 is 17.4 Å². The van der Waals surface area contributed by atoms with Gasteiger partial charge in [0.2, 0.25) is 0 Å². The van der Waals surface area contributed by atoms with Crippen molar-refractivity contribution in [3.63, 3.8) is 0 Å². The largest absolute Gasteiger partial charge is 0.507 e. The van der Waals surface area contributed by atoms with Crippen molar-refractivity contribution in [3.8, 4) is 17.2 Å². The second-order valence-corrected chi connectivity index (χ2v) is 7.93. The van der Waals surface area contributed by atoms with E-state index >= 15 is 0 Å². The summed E-state index contributed by atoms with van der Waals surface area (Å²) in [7, 11) is 4.59. The first kappa shape index (κ1) is 22.7. The minimum Gasteiger partial charge on any atom is -0.507 e. The van der Waals surface area contributed by atoms with E-state index in [4.69, 9.17) is 18.9 Å². The Hall–Kier alpha value is -3.52. The average Bonchev–Trinajstić information content (AvgIpc) is 3.45. The number of benzene rings is 2. The molecule has 0 radical (unpaired) electrons. The van der Waals surface area contributed by atoms with Crippen LogP contribution in [0, 0.1) is 0 Å². The molecule has 2 atom stereocenters. The highest BCUT2D eigenvalue weighted by atomic mass is 16.5. The van der Waals surface area contributed by atoms with E-state index in [1.54, 1.807) is 49.6 Å². The number of nitrogens with zero attached hydrogens (tertiary/aromatic N) is 1. The molecule has 2 unspecified atom stereocenters. The highest BCUT2D eigenvalue weighted by Gasteiger charge is 2.47. The zero-order valence-electron chi connectivity index (χ0n) is 18.9. The van der Waals surface area contributed by atoms with Crippen LogP contribution in [-0.4, -0.2) is 62.3 Å². The lowest BCUT2D eigenvalue weighted by atomic mass is 9.94. The number of rotatable bonds is 7. The molecule has 2 aromatic carbocycles. The minimum atomic E-state index is -0.795. The van der Waals surface area contributed by atoms with Crippen molar-refractivity contribution in [2.24, 2.45) is 0 Å². The molecule has 0 aliphatic carbocycles. The average molecular weight is 453 g/mol. The smallest absolute Gasteiger partial charge is 0.295 e. The summed E-state index contributed by atoms with van der Waals surface area (Å²) in [5, 5.41) is 11.2. The van der Waals surface area contributed by atoms with E-state index in [-0.39, 0.29) is 24.0 Å². The van der Waals surface area contributed by atoms with E-state index in [1.807, 2.05) is 0 Å². The number of likely N-dealkylation sites (tertiary alicyclic amines) is 1. The number of Topliss-reactive ketones (excluding diaryl/α,β-unsaturated/α-hetero) is 1. The molecule has 8 heteroatoms. The van der Waals surface area contributed by atoms with Gasteiger partial charge in [-0.2, -0.15) is 0 Å². The van der Waals surface area contributed by atoms with Gasteiger partial charge >= 0.3 is 0 Å². The van der Waals surface area contributed by atoms with Gasteiger partial charge in [0.1, 0.15) is 11.5 Å². The number of carbonyl (C=O) groups is 2. The fourth-order valence-electron chi connectivity index (χ4n) is 4.35. The number of methoxy groups -OCH3 is 3. The van der Waals surface area contributed by atoms with Crippen LogP contribution in [0.4, 0.5) is 0 Å². The highest BCUT2D eigenvalue weighted by molar-refractivity contribution is 6.46. The van der Waals surface area contributed by atoms with Crippen LogP contribution in [0.5, 0.6) is 17.2 Å². The first-order valence-corrected chi connectivity index (χ1v) is 10.7. The Morgan fingerprint density at radius 2 is 1.76 bits per heavy atom. The van der Waals surface area contributed by atoms with Crippen molar-refractivity contribution in [3.05, 3.63) is 59.2 Å².